The summed E-state index contributed by atoms with van der Waals surface area (Å²) in [4.78, 5) is 23.5. The van der Waals surface area contributed by atoms with E-state index >= 15 is 0 Å². The van der Waals surface area contributed by atoms with Crippen LogP contribution in [0.3, 0.4) is 0 Å². The third-order valence-electron chi connectivity index (χ3n) is 4.14. The Morgan fingerprint density at radius 2 is 2.08 bits per heavy atom. The number of hydrogen-bond donors (Lipinski definition) is 0. The molecule has 7 heteroatoms. The van der Waals surface area contributed by atoms with E-state index in [0.29, 0.717) is 23.5 Å². The molecule has 0 saturated heterocycles. The van der Waals surface area contributed by atoms with Gasteiger partial charge in [0.2, 0.25) is 5.89 Å². The first kappa shape index (κ1) is 16.5. The molecule has 0 bridgehead atoms. The molecule has 3 heterocycles. The summed E-state index contributed by atoms with van der Waals surface area (Å²) in [6, 6.07) is 9.39. The number of methoxy groups -OCH3 is 1. The number of oxazole rings is 1. The molecule has 0 radical (unpaired) electrons. The normalized spacial score (nSPS) is 11.2. The van der Waals surface area contributed by atoms with Crippen LogP contribution in [0.2, 0.25) is 0 Å². The minimum atomic E-state index is -0.0556. The summed E-state index contributed by atoms with van der Waals surface area (Å²) in [5.74, 6) is 1.28. The molecule has 4 rings (SSSR count). The van der Waals surface area contributed by atoms with Gasteiger partial charge in [0.15, 0.2) is 0 Å². The van der Waals surface area contributed by atoms with Crippen molar-refractivity contribution in [1.29, 1.82) is 0 Å². The third kappa shape index (κ3) is 3.01. The van der Waals surface area contributed by atoms with Crippen molar-refractivity contribution in [2.24, 2.45) is 0 Å². The van der Waals surface area contributed by atoms with Crippen LogP contribution in [0.15, 0.2) is 52.1 Å². The lowest BCUT2D eigenvalue weighted by Crippen LogP contribution is -2.20. The molecule has 4 aromatic rings. The highest BCUT2D eigenvalue weighted by Crippen LogP contribution is 2.23. The summed E-state index contributed by atoms with van der Waals surface area (Å²) in [6.45, 7) is 2.39. The molecule has 0 N–H and O–H groups in total. The monoisotopic (exact) mass is 367 g/mol. The Balaban J connectivity index is 1.61. The Morgan fingerprint density at radius 1 is 1.27 bits per heavy atom. The van der Waals surface area contributed by atoms with Gasteiger partial charge < -0.3 is 9.15 Å². The topological polar surface area (TPSA) is 70.2 Å². The van der Waals surface area contributed by atoms with Gasteiger partial charge in [-0.2, -0.15) is 0 Å². The van der Waals surface area contributed by atoms with Gasteiger partial charge in [0, 0.05) is 10.4 Å². The molecule has 132 valence electrons. The fourth-order valence-electron chi connectivity index (χ4n) is 2.72. The summed E-state index contributed by atoms with van der Waals surface area (Å²) >= 11 is 1.56. The van der Waals surface area contributed by atoms with Gasteiger partial charge in [-0.05, 0) is 36.8 Å². The summed E-state index contributed by atoms with van der Waals surface area (Å²) < 4.78 is 12.3. The van der Waals surface area contributed by atoms with Gasteiger partial charge in [-0.1, -0.05) is 6.92 Å². The van der Waals surface area contributed by atoms with Crippen molar-refractivity contribution in [3.63, 3.8) is 0 Å². The standard InChI is InChI=1S/C19H17N3O3S/c1-3-15-8-16-18(26-15)20-11-22(19(16)23)9-13-10-25-17(21-13)12-4-6-14(24-2)7-5-12/h4-8,10-11H,3,9H2,1-2H3. The third-order valence-corrected chi connectivity index (χ3v) is 5.33. The van der Waals surface area contributed by atoms with E-state index in [4.69, 9.17) is 9.15 Å². The first-order valence-corrected chi connectivity index (χ1v) is 9.06. The largest absolute Gasteiger partial charge is 0.497 e. The van der Waals surface area contributed by atoms with E-state index in [0.717, 1.165) is 27.4 Å². The molecule has 6 nitrogen and oxygen atoms in total. The van der Waals surface area contributed by atoms with Crippen molar-refractivity contribution in [3.8, 4) is 17.2 Å². The lowest BCUT2D eigenvalue weighted by molar-refractivity contribution is 0.415. The molecule has 0 atom stereocenters. The number of hydrogen-bond acceptors (Lipinski definition) is 6. The lowest BCUT2D eigenvalue weighted by atomic mass is 10.2. The number of fused-ring (bicyclic) bond motifs is 1. The molecule has 1 aromatic carbocycles. The molecule has 0 saturated carbocycles. The van der Waals surface area contributed by atoms with Crippen LogP contribution in [0.4, 0.5) is 0 Å². The van der Waals surface area contributed by atoms with E-state index in [-0.39, 0.29) is 5.56 Å². The number of nitrogens with zero attached hydrogens (tertiary/aromatic N) is 3. The molecule has 0 fully saturated rings. The Kier molecular flexibility index (Phi) is 4.30. The first-order valence-electron chi connectivity index (χ1n) is 8.24. The SMILES string of the molecule is CCc1cc2c(=O)n(Cc3coc(-c4ccc(OC)cc4)n3)cnc2s1. The Labute approximate surface area is 153 Å². The zero-order valence-corrected chi connectivity index (χ0v) is 15.2. The molecule has 0 aliphatic rings. The van der Waals surface area contributed by atoms with Crippen LogP contribution in [0, 0.1) is 0 Å². The second-order valence-electron chi connectivity index (χ2n) is 5.84. The zero-order valence-electron chi connectivity index (χ0n) is 14.4. The highest BCUT2D eigenvalue weighted by molar-refractivity contribution is 7.18. The van der Waals surface area contributed by atoms with Crippen LogP contribution in [0.25, 0.3) is 21.7 Å². The zero-order chi connectivity index (χ0) is 18.1. The highest BCUT2D eigenvalue weighted by atomic mass is 32.1. The average molecular weight is 367 g/mol. The number of benzene rings is 1. The lowest BCUT2D eigenvalue weighted by Gasteiger charge is -2.01. The molecule has 0 amide bonds. The van der Waals surface area contributed by atoms with Gasteiger partial charge in [0.1, 0.15) is 16.8 Å². The molecule has 3 aromatic heterocycles. The minimum Gasteiger partial charge on any atom is -0.497 e. The molecule has 0 spiro atoms. The van der Waals surface area contributed by atoms with Crippen LogP contribution in [0.5, 0.6) is 5.75 Å². The Bertz CT molecular complexity index is 1110. The molecular weight excluding hydrogens is 350 g/mol. The maximum atomic E-state index is 12.7. The van der Waals surface area contributed by atoms with Crippen molar-refractivity contribution in [2.75, 3.05) is 7.11 Å². The van der Waals surface area contributed by atoms with Gasteiger partial charge in [0.25, 0.3) is 5.56 Å². The van der Waals surface area contributed by atoms with Gasteiger partial charge in [-0.3, -0.25) is 9.36 Å². The molecule has 26 heavy (non-hydrogen) atoms. The number of aromatic nitrogens is 3. The van der Waals surface area contributed by atoms with Crippen LogP contribution in [-0.2, 0) is 13.0 Å². The summed E-state index contributed by atoms with van der Waals surface area (Å²) in [5, 5.41) is 0.660. The predicted octanol–water partition coefficient (Wildman–Crippen LogP) is 3.73. The molecule has 0 unspecified atom stereocenters. The van der Waals surface area contributed by atoms with Crippen LogP contribution >= 0.6 is 11.3 Å². The van der Waals surface area contributed by atoms with Crippen molar-refractivity contribution >= 4 is 21.6 Å². The van der Waals surface area contributed by atoms with Crippen molar-refractivity contribution < 1.29 is 9.15 Å². The van der Waals surface area contributed by atoms with Crippen molar-refractivity contribution in [2.45, 2.75) is 19.9 Å². The van der Waals surface area contributed by atoms with Crippen LogP contribution < -0.4 is 10.3 Å². The number of rotatable bonds is 5. The van der Waals surface area contributed by atoms with E-state index in [1.54, 1.807) is 35.6 Å². The van der Waals surface area contributed by atoms with E-state index in [2.05, 4.69) is 16.9 Å². The molecule has 0 aliphatic carbocycles. The number of thiophene rings is 1. The smallest absolute Gasteiger partial charge is 0.262 e. The van der Waals surface area contributed by atoms with Gasteiger partial charge in [-0.15, -0.1) is 11.3 Å². The van der Waals surface area contributed by atoms with E-state index in [1.807, 2.05) is 30.3 Å². The maximum Gasteiger partial charge on any atom is 0.262 e. The van der Waals surface area contributed by atoms with Gasteiger partial charge in [0.05, 0.1) is 31.1 Å². The van der Waals surface area contributed by atoms with E-state index < -0.39 is 0 Å². The van der Waals surface area contributed by atoms with Crippen LogP contribution in [-0.4, -0.2) is 21.6 Å². The number of ether oxygens (including phenoxy) is 1. The second kappa shape index (κ2) is 6.76. The fraction of sp³-hybridized carbons (Fsp3) is 0.211. The fourth-order valence-corrected chi connectivity index (χ4v) is 3.64. The van der Waals surface area contributed by atoms with Crippen molar-refractivity contribution in [3.05, 3.63) is 63.8 Å². The quantitative estimate of drug-likeness (QED) is 0.537. The van der Waals surface area contributed by atoms with Crippen molar-refractivity contribution in [1.82, 2.24) is 14.5 Å². The average Bonchev–Trinajstić information content (AvgIpc) is 3.31. The summed E-state index contributed by atoms with van der Waals surface area (Å²) in [5.41, 5.74) is 1.47. The highest BCUT2D eigenvalue weighted by Gasteiger charge is 2.11. The predicted molar refractivity (Wildman–Crippen MR) is 101 cm³/mol. The molecule has 0 aliphatic heterocycles. The van der Waals surface area contributed by atoms with Gasteiger partial charge in [-0.25, -0.2) is 9.97 Å². The van der Waals surface area contributed by atoms with Gasteiger partial charge >= 0.3 is 0 Å². The minimum absolute atomic E-state index is 0.0556. The van der Waals surface area contributed by atoms with E-state index in [9.17, 15) is 4.79 Å². The molecular formula is C19H17N3O3S. The second-order valence-corrected chi connectivity index (χ2v) is 6.95. The Hall–Kier alpha value is -2.93. The summed E-state index contributed by atoms with van der Waals surface area (Å²) in [7, 11) is 1.62. The first-order chi connectivity index (χ1) is 12.7. The Morgan fingerprint density at radius 3 is 2.81 bits per heavy atom. The van der Waals surface area contributed by atoms with E-state index in [1.165, 1.54) is 0 Å². The van der Waals surface area contributed by atoms with Crippen LogP contribution in [0.1, 0.15) is 17.5 Å². The maximum absolute atomic E-state index is 12.7. The number of aryl methyl sites for hydroxylation is 1. The summed E-state index contributed by atoms with van der Waals surface area (Å²) in [6.07, 6.45) is 4.04.